The van der Waals surface area contributed by atoms with Gasteiger partial charge in [-0.1, -0.05) is 6.92 Å². The van der Waals surface area contributed by atoms with Crippen LogP contribution in [0.15, 0.2) is 0 Å². The van der Waals surface area contributed by atoms with Gasteiger partial charge in [0, 0.05) is 12.6 Å². The van der Waals surface area contributed by atoms with Crippen molar-refractivity contribution in [3.8, 4) is 0 Å². The van der Waals surface area contributed by atoms with Crippen LogP contribution >= 0.6 is 0 Å². The Balaban J connectivity index is 2.30. The van der Waals surface area contributed by atoms with Crippen LogP contribution in [0.5, 0.6) is 0 Å². The average molecular weight is 114 g/mol. The molecule has 0 radical (unpaired) electrons. The summed E-state index contributed by atoms with van der Waals surface area (Å²) in [6, 6.07) is 0.704. The summed E-state index contributed by atoms with van der Waals surface area (Å²) in [6.07, 6.45) is 0. The van der Waals surface area contributed by atoms with Crippen LogP contribution in [-0.2, 0) is 0 Å². The second-order valence-corrected chi connectivity index (χ2v) is 2.53. The van der Waals surface area contributed by atoms with Crippen LogP contribution in [0, 0.1) is 5.92 Å². The minimum Gasteiger partial charge on any atom is -0.315 e. The molecule has 0 aliphatic carbocycles. The first-order chi connectivity index (χ1) is 3.84. The molecule has 2 heteroatoms. The zero-order valence-corrected chi connectivity index (χ0v) is 5.57. The number of rotatable bonds is 1. The molecule has 1 aliphatic heterocycles. The molecule has 0 unspecified atom stereocenters. The van der Waals surface area contributed by atoms with E-state index in [-0.39, 0.29) is 0 Å². The summed E-state index contributed by atoms with van der Waals surface area (Å²) in [6.45, 7) is 4.57. The van der Waals surface area contributed by atoms with Crippen molar-refractivity contribution in [3.63, 3.8) is 0 Å². The smallest absolute Gasteiger partial charge is 0.0227 e. The van der Waals surface area contributed by atoms with Crippen LogP contribution in [0.1, 0.15) is 6.92 Å². The molecule has 1 fully saturated rings. The first-order valence-electron chi connectivity index (χ1n) is 3.22. The van der Waals surface area contributed by atoms with Crippen LogP contribution in [0.2, 0.25) is 0 Å². The highest BCUT2D eigenvalue weighted by molar-refractivity contribution is 4.82. The molecule has 1 saturated heterocycles. The molecule has 0 saturated carbocycles. The molecule has 0 aromatic rings. The summed E-state index contributed by atoms with van der Waals surface area (Å²) >= 11 is 0. The Kier molecular flexibility index (Phi) is 1.86. The van der Waals surface area contributed by atoms with Crippen molar-refractivity contribution in [2.45, 2.75) is 13.0 Å². The lowest BCUT2D eigenvalue weighted by molar-refractivity contribution is 0.490. The number of nitrogens with one attached hydrogen (secondary N) is 2. The van der Waals surface area contributed by atoms with E-state index >= 15 is 0 Å². The average Bonchev–Trinajstić information content (AvgIpc) is 2.14. The predicted molar refractivity (Wildman–Crippen MR) is 34.9 cm³/mol. The van der Waals surface area contributed by atoms with E-state index in [4.69, 9.17) is 0 Å². The molecular weight excluding hydrogens is 100 g/mol. The highest BCUT2D eigenvalue weighted by Crippen LogP contribution is 2.05. The van der Waals surface area contributed by atoms with Gasteiger partial charge in [0.15, 0.2) is 0 Å². The van der Waals surface area contributed by atoms with Gasteiger partial charge in [0.25, 0.3) is 0 Å². The molecule has 2 N–H and O–H groups in total. The third kappa shape index (κ3) is 1.01. The molecule has 0 aromatic carbocycles. The van der Waals surface area contributed by atoms with Crippen molar-refractivity contribution in [3.05, 3.63) is 0 Å². The molecule has 1 aliphatic rings. The largest absolute Gasteiger partial charge is 0.315 e. The summed E-state index contributed by atoms with van der Waals surface area (Å²) in [7, 11) is 2.02. The van der Waals surface area contributed by atoms with Gasteiger partial charge in [0.1, 0.15) is 0 Å². The minimum atomic E-state index is 0.704. The third-order valence-corrected chi connectivity index (χ3v) is 1.89. The molecule has 0 spiro atoms. The van der Waals surface area contributed by atoms with E-state index in [1.54, 1.807) is 0 Å². The normalized spacial score (nSPS) is 38.2. The Morgan fingerprint density at radius 3 is 2.50 bits per heavy atom. The maximum Gasteiger partial charge on any atom is 0.0227 e. The fourth-order valence-electron chi connectivity index (χ4n) is 1.20. The zero-order chi connectivity index (χ0) is 5.98. The van der Waals surface area contributed by atoms with E-state index in [0.29, 0.717) is 6.04 Å². The van der Waals surface area contributed by atoms with Crippen molar-refractivity contribution in [1.82, 2.24) is 10.6 Å². The number of hydrogen-bond donors (Lipinski definition) is 2. The Morgan fingerprint density at radius 2 is 2.25 bits per heavy atom. The van der Waals surface area contributed by atoms with Crippen LogP contribution in [0.25, 0.3) is 0 Å². The summed E-state index contributed by atoms with van der Waals surface area (Å²) < 4.78 is 0. The first kappa shape index (κ1) is 6.05. The van der Waals surface area contributed by atoms with Crippen molar-refractivity contribution in [2.24, 2.45) is 5.92 Å². The topological polar surface area (TPSA) is 24.1 Å². The molecule has 0 bridgehead atoms. The van der Waals surface area contributed by atoms with Crippen LogP contribution in [0.3, 0.4) is 0 Å². The van der Waals surface area contributed by atoms with Gasteiger partial charge in [-0.3, -0.25) is 0 Å². The highest BCUT2D eigenvalue weighted by atomic mass is 15.0. The Hall–Kier alpha value is -0.0800. The van der Waals surface area contributed by atoms with Crippen LogP contribution in [0.4, 0.5) is 0 Å². The van der Waals surface area contributed by atoms with Crippen molar-refractivity contribution in [2.75, 3.05) is 20.1 Å². The molecule has 0 aromatic heterocycles. The summed E-state index contributed by atoms with van der Waals surface area (Å²) in [5, 5.41) is 6.56. The van der Waals surface area contributed by atoms with Crippen LogP contribution in [-0.4, -0.2) is 26.2 Å². The van der Waals surface area contributed by atoms with Gasteiger partial charge in [-0.25, -0.2) is 0 Å². The van der Waals surface area contributed by atoms with E-state index in [1.165, 1.54) is 6.54 Å². The lowest BCUT2D eigenvalue weighted by Crippen LogP contribution is -2.31. The Labute approximate surface area is 50.7 Å². The summed E-state index contributed by atoms with van der Waals surface area (Å²) in [5.41, 5.74) is 0. The Morgan fingerprint density at radius 1 is 1.50 bits per heavy atom. The number of likely N-dealkylation sites (N-methyl/N-ethyl adjacent to an activating group) is 1. The van der Waals surface area contributed by atoms with Gasteiger partial charge in [0.05, 0.1) is 0 Å². The standard InChI is InChI=1S/C6H14N2/c1-5-3-8-4-6(5)7-2/h5-8H,3-4H2,1-2H3/t5-,6+/m0/s1. The summed E-state index contributed by atoms with van der Waals surface area (Å²) in [5.74, 6) is 0.806. The molecule has 0 amide bonds. The van der Waals surface area contributed by atoms with Gasteiger partial charge in [-0.15, -0.1) is 0 Å². The monoisotopic (exact) mass is 114 g/mol. The summed E-state index contributed by atoms with van der Waals surface area (Å²) in [4.78, 5) is 0. The van der Waals surface area contributed by atoms with Crippen molar-refractivity contribution >= 4 is 0 Å². The second-order valence-electron chi connectivity index (χ2n) is 2.53. The molecule has 2 atom stereocenters. The fourth-order valence-corrected chi connectivity index (χ4v) is 1.20. The van der Waals surface area contributed by atoms with E-state index in [1.807, 2.05) is 7.05 Å². The third-order valence-electron chi connectivity index (χ3n) is 1.89. The van der Waals surface area contributed by atoms with Gasteiger partial charge >= 0.3 is 0 Å². The van der Waals surface area contributed by atoms with E-state index in [0.717, 1.165) is 12.5 Å². The lowest BCUT2D eigenvalue weighted by atomic mass is 10.1. The quantitative estimate of drug-likeness (QED) is 0.494. The lowest BCUT2D eigenvalue weighted by Gasteiger charge is -2.10. The SMILES string of the molecule is CN[C@@H]1CNC[C@@H]1C. The fraction of sp³-hybridized carbons (Fsp3) is 1.00. The molecule has 2 nitrogen and oxygen atoms in total. The highest BCUT2D eigenvalue weighted by Gasteiger charge is 2.19. The molecule has 48 valence electrons. The maximum absolute atomic E-state index is 3.31. The van der Waals surface area contributed by atoms with Gasteiger partial charge in [0.2, 0.25) is 0 Å². The van der Waals surface area contributed by atoms with Crippen LogP contribution < -0.4 is 10.6 Å². The first-order valence-corrected chi connectivity index (χ1v) is 3.22. The number of hydrogen-bond acceptors (Lipinski definition) is 2. The van der Waals surface area contributed by atoms with Gasteiger partial charge in [-0.2, -0.15) is 0 Å². The van der Waals surface area contributed by atoms with Crippen molar-refractivity contribution < 1.29 is 0 Å². The van der Waals surface area contributed by atoms with E-state index in [2.05, 4.69) is 17.6 Å². The van der Waals surface area contributed by atoms with Crippen molar-refractivity contribution in [1.29, 1.82) is 0 Å². The zero-order valence-electron chi connectivity index (χ0n) is 5.57. The van der Waals surface area contributed by atoms with E-state index < -0.39 is 0 Å². The van der Waals surface area contributed by atoms with E-state index in [9.17, 15) is 0 Å². The predicted octanol–water partition coefficient (Wildman–Crippen LogP) is -0.186. The van der Waals surface area contributed by atoms with Gasteiger partial charge < -0.3 is 10.6 Å². The molecule has 1 rings (SSSR count). The minimum absolute atomic E-state index is 0.704. The van der Waals surface area contributed by atoms with Gasteiger partial charge in [-0.05, 0) is 19.5 Å². The second kappa shape index (κ2) is 2.46. The molecule has 8 heavy (non-hydrogen) atoms. The molecule has 1 heterocycles. The Bertz CT molecular complexity index is 72.9. The molecular formula is C6H14N2. The maximum atomic E-state index is 3.31.